The van der Waals surface area contributed by atoms with E-state index in [1.807, 2.05) is 65.8 Å². The Kier molecular flexibility index (Phi) is 7.72. The summed E-state index contributed by atoms with van der Waals surface area (Å²) in [6, 6.07) is 16.3. The summed E-state index contributed by atoms with van der Waals surface area (Å²) in [4.78, 5) is 0. The van der Waals surface area contributed by atoms with Gasteiger partial charge in [0.2, 0.25) is 0 Å². The second-order valence-corrected chi connectivity index (χ2v) is 13.3. The van der Waals surface area contributed by atoms with Crippen LogP contribution in [0.4, 0.5) is 11.4 Å². The van der Waals surface area contributed by atoms with Gasteiger partial charge in [-0.25, -0.2) is 0 Å². The highest BCUT2D eigenvalue weighted by Gasteiger charge is 2.32. The van der Waals surface area contributed by atoms with Gasteiger partial charge in [-0.05, 0) is 93.3 Å². The molecule has 2 rings (SSSR count). The molecular weight excluding hydrogens is 420 g/mol. The highest BCUT2D eigenvalue weighted by molar-refractivity contribution is 5.84. The van der Waals surface area contributed by atoms with Crippen LogP contribution < -0.4 is 10.1 Å². The normalized spacial score (nSPS) is 13.0. The monoisotopic (exact) mass is 466 g/mol. The van der Waals surface area contributed by atoms with Crippen LogP contribution in [-0.4, -0.2) is 21.5 Å². The average molecular weight is 467 g/mol. The van der Waals surface area contributed by atoms with E-state index in [0.29, 0.717) is 0 Å². The Hall–Kier alpha value is -2.30. The molecule has 0 aliphatic carbocycles. The van der Waals surface area contributed by atoms with Crippen LogP contribution in [0.25, 0.3) is 5.57 Å². The van der Waals surface area contributed by atoms with Crippen LogP contribution in [0.3, 0.4) is 0 Å². The standard InChI is InChI=1S/C30H46N2O2/c1-27(2,3)26(28(4,5)6)25(21-13-17-23(18-14-21)31(33)29(7,8)9)22-15-19-24(20-16-22)32(34)30(10,11)12/h13-20,33-34H,1-12H3. The van der Waals surface area contributed by atoms with Crippen molar-refractivity contribution in [2.45, 2.75) is 94.2 Å². The average Bonchev–Trinajstić information content (AvgIpc) is 2.68. The molecule has 0 saturated carbocycles. The fourth-order valence-electron chi connectivity index (χ4n) is 4.64. The molecule has 0 bridgehead atoms. The summed E-state index contributed by atoms with van der Waals surface area (Å²) in [7, 11) is 0. The van der Waals surface area contributed by atoms with Gasteiger partial charge in [0.25, 0.3) is 0 Å². The van der Waals surface area contributed by atoms with E-state index in [0.717, 1.165) is 22.5 Å². The number of allylic oxidation sites excluding steroid dienone is 1. The van der Waals surface area contributed by atoms with Gasteiger partial charge >= 0.3 is 0 Å². The molecule has 2 N–H and O–H groups in total. The van der Waals surface area contributed by atoms with E-state index >= 15 is 0 Å². The Morgan fingerprint density at radius 2 is 0.765 bits per heavy atom. The first-order valence-electron chi connectivity index (χ1n) is 12.2. The largest absolute Gasteiger partial charge is 0.288 e. The number of hydrogen-bond acceptors (Lipinski definition) is 4. The van der Waals surface area contributed by atoms with Crippen LogP contribution in [0.5, 0.6) is 0 Å². The SMILES string of the molecule is CC(C)(C)C(=C(c1ccc(N(O)C(C)(C)C)cc1)c1ccc(N(O)C(C)(C)C)cc1)C(C)(C)C. The van der Waals surface area contributed by atoms with Gasteiger partial charge in [0.15, 0.2) is 0 Å². The van der Waals surface area contributed by atoms with Crippen LogP contribution in [0.2, 0.25) is 0 Å². The number of hydroxylamine groups is 2. The third-order valence-electron chi connectivity index (χ3n) is 5.82. The van der Waals surface area contributed by atoms with Gasteiger partial charge in [-0.1, -0.05) is 71.4 Å². The molecule has 0 aliphatic heterocycles. The van der Waals surface area contributed by atoms with Crippen LogP contribution in [0.15, 0.2) is 54.1 Å². The number of hydrogen-bond donors (Lipinski definition) is 2. The molecule has 0 amide bonds. The molecule has 4 heteroatoms. The highest BCUT2D eigenvalue weighted by atomic mass is 16.5. The summed E-state index contributed by atoms with van der Waals surface area (Å²) >= 11 is 0. The summed E-state index contributed by atoms with van der Waals surface area (Å²) in [5.41, 5.74) is 5.39. The van der Waals surface area contributed by atoms with Crippen molar-refractivity contribution in [1.29, 1.82) is 0 Å². The molecule has 188 valence electrons. The van der Waals surface area contributed by atoms with Gasteiger partial charge in [-0.15, -0.1) is 0 Å². The molecule has 0 aliphatic rings. The van der Waals surface area contributed by atoms with E-state index < -0.39 is 0 Å². The van der Waals surface area contributed by atoms with Gasteiger partial charge in [-0.2, -0.15) is 0 Å². The zero-order chi connectivity index (χ0) is 26.3. The predicted molar refractivity (Wildman–Crippen MR) is 146 cm³/mol. The highest BCUT2D eigenvalue weighted by Crippen LogP contribution is 2.46. The molecule has 2 aromatic rings. The maximum Gasteiger partial charge on any atom is 0.0640 e. The summed E-state index contributed by atoms with van der Waals surface area (Å²) in [5, 5.41) is 23.8. The fourth-order valence-corrected chi connectivity index (χ4v) is 4.64. The second kappa shape index (κ2) is 9.39. The van der Waals surface area contributed by atoms with Crippen LogP contribution >= 0.6 is 0 Å². The van der Waals surface area contributed by atoms with E-state index in [2.05, 4.69) is 65.8 Å². The van der Waals surface area contributed by atoms with Crippen LogP contribution in [0.1, 0.15) is 94.2 Å². The molecule has 0 fully saturated rings. The third kappa shape index (κ3) is 6.43. The molecule has 0 unspecified atom stereocenters. The topological polar surface area (TPSA) is 46.9 Å². The summed E-state index contributed by atoms with van der Waals surface area (Å²) in [6.45, 7) is 25.5. The summed E-state index contributed by atoms with van der Waals surface area (Å²) in [5.74, 6) is 0. The quantitative estimate of drug-likeness (QED) is 0.443. The first kappa shape index (κ1) is 27.9. The smallest absolute Gasteiger partial charge is 0.0640 e. The Morgan fingerprint density at radius 3 is 0.971 bits per heavy atom. The van der Waals surface area contributed by atoms with Gasteiger partial charge in [0.1, 0.15) is 0 Å². The van der Waals surface area contributed by atoms with Crippen LogP contribution in [-0.2, 0) is 0 Å². The van der Waals surface area contributed by atoms with Gasteiger partial charge in [0, 0.05) is 0 Å². The molecular formula is C30H46N2O2. The lowest BCUT2D eigenvalue weighted by Gasteiger charge is -2.37. The van der Waals surface area contributed by atoms with Gasteiger partial charge in [-0.3, -0.25) is 20.5 Å². The third-order valence-corrected chi connectivity index (χ3v) is 5.82. The van der Waals surface area contributed by atoms with E-state index in [1.54, 1.807) is 0 Å². The molecule has 0 radical (unpaired) electrons. The molecule has 4 nitrogen and oxygen atoms in total. The minimum absolute atomic E-state index is 0.0617. The first-order valence-corrected chi connectivity index (χ1v) is 12.2. The minimum Gasteiger partial charge on any atom is -0.288 e. The van der Waals surface area contributed by atoms with Crippen LogP contribution in [0, 0.1) is 10.8 Å². The fraction of sp³-hybridized carbons (Fsp3) is 0.533. The van der Waals surface area contributed by atoms with Gasteiger partial charge < -0.3 is 0 Å². The van der Waals surface area contributed by atoms with E-state index in [4.69, 9.17) is 0 Å². The molecule has 0 heterocycles. The number of benzene rings is 2. The molecule has 0 saturated heterocycles. The zero-order valence-electron chi connectivity index (χ0n) is 23.4. The first-order chi connectivity index (χ1) is 15.2. The predicted octanol–water partition coefficient (Wildman–Crippen LogP) is 8.57. The lowest BCUT2D eigenvalue weighted by atomic mass is 9.67. The summed E-state index contributed by atoms with van der Waals surface area (Å²) < 4.78 is 0. The Labute approximate surface area is 207 Å². The number of rotatable bonds is 4. The van der Waals surface area contributed by atoms with E-state index in [9.17, 15) is 10.4 Å². The van der Waals surface area contributed by atoms with Crippen molar-refractivity contribution >= 4 is 16.9 Å². The lowest BCUT2D eigenvalue weighted by Crippen LogP contribution is -2.38. The molecule has 0 atom stereocenters. The number of anilines is 2. The molecule has 0 spiro atoms. The maximum absolute atomic E-state index is 10.6. The van der Waals surface area contributed by atoms with Crippen molar-refractivity contribution in [3.63, 3.8) is 0 Å². The van der Waals surface area contributed by atoms with Crippen molar-refractivity contribution in [2.75, 3.05) is 10.1 Å². The summed E-state index contributed by atoms with van der Waals surface area (Å²) in [6.07, 6.45) is 0. The second-order valence-electron chi connectivity index (χ2n) is 13.3. The zero-order valence-corrected chi connectivity index (χ0v) is 23.4. The Morgan fingerprint density at radius 1 is 0.500 bits per heavy atom. The number of nitrogens with zero attached hydrogens (tertiary/aromatic N) is 2. The molecule has 0 aromatic heterocycles. The Balaban J connectivity index is 2.74. The molecule has 2 aromatic carbocycles. The minimum atomic E-state index is -0.388. The van der Waals surface area contributed by atoms with Crippen molar-refractivity contribution < 1.29 is 10.4 Å². The van der Waals surface area contributed by atoms with Gasteiger partial charge in [0.05, 0.1) is 22.5 Å². The van der Waals surface area contributed by atoms with E-state index in [-0.39, 0.29) is 21.9 Å². The van der Waals surface area contributed by atoms with Crippen molar-refractivity contribution in [3.05, 3.63) is 65.2 Å². The van der Waals surface area contributed by atoms with E-state index in [1.165, 1.54) is 21.3 Å². The van der Waals surface area contributed by atoms with Crippen molar-refractivity contribution in [3.8, 4) is 0 Å². The Bertz CT molecular complexity index is 909. The lowest BCUT2D eigenvalue weighted by molar-refractivity contribution is 0.181. The van der Waals surface area contributed by atoms with Crippen molar-refractivity contribution in [1.82, 2.24) is 0 Å². The van der Waals surface area contributed by atoms with Crippen molar-refractivity contribution in [2.24, 2.45) is 10.8 Å². The molecule has 34 heavy (non-hydrogen) atoms. The maximum atomic E-state index is 10.6.